The number of aromatic nitrogens is 1. The fraction of sp³-hybridized carbons (Fsp3) is 0.429. The van der Waals surface area contributed by atoms with Crippen LogP contribution < -0.4 is 0 Å². The van der Waals surface area contributed by atoms with Gasteiger partial charge in [-0.1, -0.05) is 13.8 Å². The van der Waals surface area contributed by atoms with Crippen molar-refractivity contribution in [3.05, 3.63) is 29.0 Å². The molecule has 0 bridgehead atoms. The van der Waals surface area contributed by atoms with E-state index in [-0.39, 0.29) is 5.82 Å². The number of halogens is 1. The first-order valence-electron chi connectivity index (χ1n) is 6.29. The summed E-state index contributed by atoms with van der Waals surface area (Å²) in [4.78, 5) is 15.8. The first kappa shape index (κ1) is 13.9. The van der Waals surface area contributed by atoms with Crippen LogP contribution in [-0.2, 0) is 11.2 Å². The van der Waals surface area contributed by atoms with E-state index in [1.165, 1.54) is 23.5 Å². The molecule has 5 heteroatoms. The molecule has 1 aromatic heterocycles. The highest BCUT2D eigenvalue weighted by atomic mass is 32.1. The number of fused-ring (bicyclic) bond motifs is 1. The number of nitrogens with zero attached hydrogens (tertiary/aromatic N) is 1. The smallest absolute Gasteiger partial charge is 0.310 e. The second-order valence-electron chi connectivity index (χ2n) is 4.69. The Hall–Kier alpha value is -1.49. The molecule has 0 aliphatic rings. The molecule has 0 spiro atoms. The zero-order valence-corrected chi connectivity index (χ0v) is 11.8. The topological polar surface area (TPSA) is 50.2 Å². The molecule has 0 unspecified atom stereocenters. The zero-order chi connectivity index (χ0) is 14.0. The Labute approximate surface area is 115 Å². The minimum absolute atomic E-state index is 0.320. The summed E-state index contributed by atoms with van der Waals surface area (Å²) >= 11 is 1.44. The van der Waals surface area contributed by atoms with Crippen molar-refractivity contribution in [3.8, 4) is 0 Å². The lowest BCUT2D eigenvalue weighted by atomic mass is 9.79. The Kier molecular flexibility index (Phi) is 3.85. The molecule has 0 amide bonds. The molecule has 1 heterocycles. The largest absolute Gasteiger partial charge is 0.481 e. The average molecular weight is 281 g/mol. The molecule has 0 aliphatic carbocycles. The lowest BCUT2D eigenvalue weighted by Crippen LogP contribution is -2.32. The van der Waals surface area contributed by atoms with Crippen LogP contribution in [0.3, 0.4) is 0 Å². The van der Waals surface area contributed by atoms with Gasteiger partial charge in [0.05, 0.1) is 20.6 Å². The van der Waals surface area contributed by atoms with E-state index >= 15 is 0 Å². The predicted molar refractivity (Wildman–Crippen MR) is 73.9 cm³/mol. The molecule has 0 radical (unpaired) electrons. The highest BCUT2D eigenvalue weighted by Gasteiger charge is 2.36. The van der Waals surface area contributed by atoms with E-state index in [9.17, 15) is 14.3 Å². The number of benzene rings is 1. The van der Waals surface area contributed by atoms with E-state index < -0.39 is 11.4 Å². The van der Waals surface area contributed by atoms with Gasteiger partial charge in [0.2, 0.25) is 0 Å². The normalized spacial score (nSPS) is 11.9. The lowest BCUT2D eigenvalue weighted by molar-refractivity contribution is -0.149. The number of carboxylic acid groups (broad SMARTS) is 1. The summed E-state index contributed by atoms with van der Waals surface area (Å²) < 4.78 is 14.0. The number of carbonyl (C=O) groups is 1. The highest BCUT2D eigenvalue weighted by Crippen LogP contribution is 2.34. The third-order valence-corrected chi connectivity index (χ3v) is 4.73. The summed E-state index contributed by atoms with van der Waals surface area (Å²) in [5, 5.41) is 10.2. The second-order valence-corrected chi connectivity index (χ2v) is 5.80. The molecule has 3 nitrogen and oxygen atoms in total. The monoisotopic (exact) mass is 281 g/mol. The Bertz CT molecular complexity index is 605. The standard InChI is InChI=1S/C14H16FNO2S/c1-3-14(4-2,13(17)18)8-12-16-10-7-9(15)5-6-11(10)19-12/h5-7H,3-4,8H2,1-2H3,(H,17,18). The van der Waals surface area contributed by atoms with Crippen molar-refractivity contribution in [1.29, 1.82) is 0 Å². The summed E-state index contributed by atoms with van der Waals surface area (Å²) in [5.74, 6) is -1.11. The summed E-state index contributed by atoms with van der Waals surface area (Å²) in [6, 6.07) is 4.47. The number of hydrogen-bond acceptors (Lipinski definition) is 3. The molecule has 0 atom stereocenters. The molecular formula is C14H16FNO2S. The summed E-state index contributed by atoms with van der Waals surface area (Å²) in [6.07, 6.45) is 1.52. The summed E-state index contributed by atoms with van der Waals surface area (Å²) in [5.41, 5.74) is -0.168. The van der Waals surface area contributed by atoms with E-state index in [4.69, 9.17) is 0 Å². The van der Waals surface area contributed by atoms with Gasteiger partial charge in [0.1, 0.15) is 5.82 Å². The van der Waals surface area contributed by atoms with Crippen molar-refractivity contribution >= 4 is 27.5 Å². The van der Waals surface area contributed by atoms with Crippen LogP contribution in [0.4, 0.5) is 4.39 Å². The van der Waals surface area contributed by atoms with Gasteiger partial charge in [-0.3, -0.25) is 4.79 Å². The van der Waals surface area contributed by atoms with Gasteiger partial charge in [-0.25, -0.2) is 9.37 Å². The minimum Gasteiger partial charge on any atom is -0.481 e. The first-order chi connectivity index (χ1) is 9.00. The quantitative estimate of drug-likeness (QED) is 0.905. The lowest BCUT2D eigenvalue weighted by Gasteiger charge is -2.25. The van der Waals surface area contributed by atoms with Crippen LogP contribution in [0.5, 0.6) is 0 Å². The van der Waals surface area contributed by atoms with Gasteiger partial charge >= 0.3 is 5.97 Å². The molecule has 2 rings (SSSR count). The Morgan fingerprint density at radius 3 is 2.68 bits per heavy atom. The van der Waals surface area contributed by atoms with Crippen molar-refractivity contribution in [2.24, 2.45) is 5.41 Å². The van der Waals surface area contributed by atoms with Gasteiger partial charge in [0.15, 0.2) is 0 Å². The maximum Gasteiger partial charge on any atom is 0.310 e. The van der Waals surface area contributed by atoms with E-state index in [1.54, 1.807) is 6.07 Å². The third-order valence-electron chi connectivity index (χ3n) is 3.69. The van der Waals surface area contributed by atoms with Gasteiger partial charge in [-0.15, -0.1) is 11.3 Å². The fourth-order valence-electron chi connectivity index (χ4n) is 2.19. The zero-order valence-electron chi connectivity index (χ0n) is 10.9. The van der Waals surface area contributed by atoms with Crippen LogP contribution in [0.1, 0.15) is 31.7 Å². The van der Waals surface area contributed by atoms with Crippen LogP contribution in [0.15, 0.2) is 18.2 Å². The highest BCUT2D eigenvalue weighted by molar-refractivity contribution is 7.18. The Morgan fingerprint density at radius 1 is 1.42 bits per heavy atom. The Balaban J connectivity index is 2.36. The third kappa shape index (κ3) is 2.61. The number of hydrogen-bond donors (Lipinski definition) is 1. The molecular weight excluding hydrogens is 265 g/mol. The van der Waals surface area contributed by atoms with Crippen molar-refractivity contribution in [2.45, 2.75) is 33.1 Å². The van der Waals surface area contributed by atoms with Crippen molar-refractivity contribution in [3.63, 3.8) is 0 Å². The molecule has 0 aliphatic heterocycles. The first-order valence-corrected chi connectivity index (χ1v) is 7.11. The molecule has 0 saturated heterocycles. The fourth-order valence-corrected chi connectivity index (χ4v) is 3.28. The number of thiazole rings is 1. The van der Waals surface area contributed by atoms with Crippen LogP contribution in [0.2, 0.25) is 0 Å². The van der Waals surface area contributed by atoms with Crippen molar-refractivity contribution in [2.75, 3.05) is 0 Å². The van der Waals surface area contributed by atoms with E-state index in [1.807, 2.05) is 13.8 Å². The van der Waals surface area contributed by atoms with Gasteiger partial charge in [0.25, 0.3) is 0 Å². The molecule has 102 valence electrons. The maximum absolute atomic E-state index is 13.1. The van der Waals surface area contributed by atoms with Crippen molar-refractivity contribution < 1.29 is 14.3 Å². The minimum atomic E-state index is -0.789. The predicted octanol–water partition coefficient (Wildman–Crippen LogP) is 3.87. The van der Waals surface area contributed by atoms with Gasteiger partial charge in [0, 0.05) is 12.5 Å². The molecule has 1 aromatic carbocycles. The van der Waals surface area contributed by atoms with Crippen LogP contribution in [0, 0.1) is 11.2 Å². The summed E-state index contributed by atoms with van der Waals surface area (Å²) in [7, 11) is 0. The maximum atomic E-state index is 13.1. The number of carboxylic acids is 1. The van der Waals surface area contributed by atoms with Crippen molar-refractivity contribution in [1.82, 2.24) is 4.98 Å². The number of rotatable bonds is 5. The molecule has 19 heavy (non-hydrogen) atoms. The molecule has 0 fully saturated rings. The molecule has 2 aromatic rings. The average Bonchev–Trinajstić information content (AvgIpc) is 2.77. The van der Waals surface area contributed by atoms with Gasteiger partial charge < -0.3 is 5.11 Å². The van der Waals surface area contributed by atoms with E-state index in [2.05, 4.69) is 4.98 Å². The van der Waals surface area contributed by atoms with Gasteiger partial charge in [-0.2, -0.15) is 0 Å². The second kappa shape index (κ2) is 5.25. The van der Waals surface area contributed by atoms with Gasteiger partial charge in [-0.05, 0) is 25.0 Å². The van der Waals surface area contributed by atoms with Crippen LogP contribution in [-0.4, -0.2) is 16.1 Å². The SMILES string of the molecule is CCC(CC)(Cc1nc2cc(F)ccc2s1)C(=O)O. The molecule has 0 saturated carbocycles. The molecule has 1 N–H and O–H groups in total. The van der Waals surface area contributed by atoms with Crippen LogP contribution in [0.25, 0.3) is 10.2 Å². The Morgan fingerprint density at radius 2 is 2.11 bits per heavy atom. The summed E-state index contributed by atoms with van der Waals surface area (Å²) in [6.45, 7) is 3.76. The van der Waals surface area contributed by atoms with Crippen LogP contribution >= 0.6 is 11.3 Å². The number of aliphatic carboxylic acids is 1. The van der Waals surface area contributed by atoms with E-state index in [0.29, 0.717) is 24.8 Å². The van der Waals surface area contributed by atoms with E-state index in [0.717, 1.165) is 9.71 Å².